The number of rotatable bonds is 6. The molecule has 0 saturated heterocycles. The molecule has 0 rings (SSSR count). The number of ether oxygens (including phenoxy) is 1. The highest BCUT2D eigenvalue weighted by atomic mass is 16.6. The molecule has 17 heavy (non-hydrogen) atoms. The van der Waals surface area contributed by atoms with Crippen molar-refractivity contribution < 1.29 is 9.53 Å². The van der Waals surface area contributed by atoms with Crippen LogP contribution in [0.15, 0.2) is 24.4 Å². The third-order valence-corrected chi connectivity index (χ3v) is 1.72. The third kappa shape index (κ3) is 12.6. The fourth-order valence-electron chi connectivity index (χ4n) is 1.04. The maximum absolute atomic E-state index is 11.2. The smallest absolute Gasteiger partial charge is 0.411 e. The van der Waals surface area contributed by atoms with E-state index in [2.05, 4.69) is 17.5 Å². The Morgan fingerprint density at radius 2 is 1.76 bits per heavy atom. The minimum atomic E-state index is -0.455. The van der Waals surface area contributed by atoms with Crippen molar-refractivity contribution in [1.82, 2.24) is 5.32 Å². The van der Waals surface area contributed by atoms with Crippen LogP contribution in [-0.2, 0) is 4.74 Å². The second kappa shape index (κ2) is 8.82. The number of unbranched alkanes of at least 4 members (excludes halogenated alkanes) is 1. The van der Waals surface area contributed by atoms with Crippen LogP contribution in [0.5, 0.6) is 0 Å². The number of allylic oxidation sites excluding steroid dienone is 2. The van der Waals surface area contributed by atoms with E-state index >= 15 is 0 Å². The van der Waals surface area contributed by atoms with E-state index < -0.39 is 11.7 Å². The van der Waals surface area contributed by atoms with E-state index in [0.29, 0.717) is 6.54 Å². The van der Waals surface area contributed by atoms with Crippen molar-refractivity contribution >= 4 is 6.09 Å². The van der Waals surface area contributed by atoms with Crippen LogP contribution >= 0.6 is 0 Å². The van der Waals surface area contributed by atoms with E-state index in [4.69, 9.17) is 10.5 Å². The summed E-state index contributed by atoms with van der Waals surface area (Å²) in [6.07, 6.45) is 10.00. The molecule has 0 heterocycles. The second-order valence-corrected chi connectivity index (χ2v) is 4.67. The van der Waals surface area contributed by atoms with Gasteiger partial charge in [-0.15, -0.1) is 0 Å². The molecule has 0 aromatic rings. The van der Waals surface area contributed by atoms with Crippen molar-refractivity contribution in [2.75, 3.05) is 6.54 Å². The summed E-state index contributed by atoms with van der Waals surface area (Å²) in [6, 6.07) is 0. The maximum atomic E-state index is 11.2. The molecule has 4 nitrogen and oxygen atoms in total. The zero-order valence-corrected chi connectivity index (χ0v) is 11.0. The van der Waals surface area contributed by atoms with E-state index in [0.717, 1.165) is 19.3 Å². The van der Waals surface area contributed by atoms with Gasteiger partial charge in [-0.1, -0.05) is 18.2 Å². The lowest BCUT2D eigenvalue weighted by molar-refractivity contribution is 0.0552. The predicted octanol–water partition coefficient (Wildman–Crippen LogP) is 2.71. The first-order chi connectivity index (χ1) is 7.95. The molecule has 0 aromatic heterocycles. The molecule has 0 aromatic carbocycles. The summed E-state index contributed by atoms with van der Waals surface area (Å²) in [5.41, 5.74) is 4.89. The molecule has 4 heteroatoms. The fourth-order valence-corrected chi connectivity index (χ4v) is 1.04. The summed E-state index contributed by atoms with van der Waals surface area (Å²) in [4.78, 5) is 11.2. The molecule has 98 valence electrons. The highest BCUT2D eigenvalue weighted by Gasteiger charge is 2.14. The summed E-state index contributed by atoms with van der Waals surface area (Å²) < 4.78 is 5.07. The number of alkyl carbamates (subject to hydrolysis) is 1. The monoisotopic (exact) mass is 240 g/mol. The summed E-state index contributed by atoms with van der Waals surface area (Å²) in [7, 11) is 0. The molecule has 0 atom stereocenters. The van der Waals surface area contributed by atoms with Gasteiger partial charge in [-0.25, -0.2) is 4.79 Å². The normalized spacial score (nSPS) is 12.2. The van der Waals surface area contributed by atoms with Gasteiger partial charge in [0.05, 0.1) is 0 Å². The minimum absolute atomic E-state index is 0.424. The van der Waals surface area contributed by atoms with Gasteiger partial charge in [-0.05, 0) is 46.6 Å². The van der Waals surface area contributed by atoms with Crippen LogP contribution < -0.4 is 11.1 Å². The number of amides is 1. The van der Waals surface area contributed by atoms with Crippen molar-refractivity contribution in [2.45, 2.75) is 45.6 Å². The number of nitrogens with one attached hydrogen (secondary N) is 1. The standard InChI is InChI=1S/C13H24N2O2/c1-13(2,3)17-12(16)15-11-9-7-5-4-6-8-10-14/h4,6,9,11H,5,7-8,10,14H2,1-3H3,(H,15,16). The molecule has 0 bridgehead atoms. The van der Waals surface area contributed by atoms with Crippen molar-refractivity contribution in [1.29, 1.82) is 0 Å². The lowest BCUT2D eigenvalue weighted by Crippen LogP contribution is -2.29. The average Bonchev–Trinajstić information content (AvgIpc) is 2.19. The van der Waals surface area contributed by atoms with Crippen molar-refractivity contribution in [2.24, 2.45) is 5.73 Å². The Morgan fingerprint density at radius 1 is 1.18 bits per heavy atom. The van der Waals surface area contributed by atoms with Crippen LogP contribution in [0, 0.1) is 0 Å². The number of hydrogen-bond acceptors (Lipinski definition) is 3. The molecule has 3 N–H and O–H groups in total. The molecule has 0 spiro atoms. The molecule has 0 aliphatic carbocycles. The van der Waals surface area contributed by atoms with Crippen LogP contribution in [-0.4, -0.2) is 18.2 Å². The lowest BCUT2D eigenvalue weighted by Gasteiger charge is -2.18. The SMILES string of the molecule is CC(C)(C)OC(=O)NC=CCCC=CCCN. The topological polar surface area (TPSA) is 64.3 Å². The predicted molar refractivity (Wildman–Crippen MR) is 70.6 cm³/mol. The molecular formula is C13H24N2O2. The third-order valence-electron chi connectivity index (χ3n) is 1.72. The molecule has 1 amide bonds. The van der Waals surface area contributed by atoms with Crippen LogP contribution in [0.2, 0.25) is 0 Å². The second-order valence-electron chi connectivity index (χ2n) is 4.67. The lowest BCUT2D eigenvalue weighted by atomic mass is 10.2. The van der Waals surface area contributed by atoms with Gasteiger partial charge in [-0.2, -0.15) is 0 Å². The van der Waals surface area contributed by atoms with E-state index in [1.165, 1.54) is 0 Å². The van der Waals surface area contributed by atoms with Crippen molar-refractivity contribution in [3.8, 4) is 0 Å². The van der Waals surface area contributed by atoms with Gasteiger partial charge in [0, 0.05) is 6.20 Å². The zero-order chi connectivity index (χ0) is 13.1. The minimum Gasteiger partial charge on any atom is -0.444 e. The summed E-state index contributed by atoms with van der Waals surface area (Å²) >= 11 is 0. The van der Waals surface area contributed by atoms with Crippen LogP contribution in [0.3, 0.4) is 0 Å². The first-order valence-corrected chi connectivity index (χ1v) is 5.95. The summed E-state index contributed by atoms with van der Waals surface area (Å²) in [6.45, 7) is 6.18. The van der Waals surface area contributed by atoms with Gasteiger partial charge in [0.25, 0.3) is 0 Å². The number of nitrogens with two attached hydrogens (primary N) is 1. The number of carbonyl (C=O) groups is 1. The molecule has 0 aliphatic heterocycles. The van der Waals surface area contributed by atoms with E-state index in [1.54, 1.807) is 6.20 Å². The van der Waals surface area contributed by atoms with E-state index in [9.17, 15) is 4.79 Å². The van der Waals surface area contributed by atoms with Gasteiger partial charge in [-0.3, -0.25) is 5.32 Å². The zero-order valence-electron chi connectivity index (χ0n) is 11.0. The van der Waals surface area contributed by atoms with E-state index in [1.807, 2.05) is 26.8 Å². The molecule has 0 saturated carbocycles. The molecule has 0 fully saturated rings. The van der Waals surface area contributed by atoms with E-state index in [-0.39, 0.29) is 0 Å². The first kappa shape index (κ1) is 15.7. The Balaban J connectivity index is 3.57. The average molecular weight is 240 g/mol. The summed E-state index contributed by atoms with van der Waals surface area (Å²) in [5.74, 6) is 0. The highest BCUT2D eigenvalue weighted by molar-refractivity contribution is 5.68. The van der Waals surface area contributed by atoms with Crippen LogP contribution in [0.25, 0.3) is 0 Å². The van der Waals surface area contributed by atoms with Gasteiger partial charge < -0.3 is 10.5 Å². The largest absolute Gasteiger partial charge is 0.444 e. The molecule has 0 unspecified atom stereocenters. The Kier molecular flexibility index (Phi) is 8.15. The van der Waals surface area contributed by atoms with Gasteiger partial charge in [0.15, 0.2) is 0 Å². The molecule has 0 radical (unpaired) electrons. The first-order valence-electron chi connectivity index (χ1n) is 5.95. The van der Waals surface area contributed by atoms with Gasteiger partial charge in [0.1, 0.15) is 5.60 Å². The Morgan fingerprint density at radius 3 is 2.35 bits per heavy atom. The maximum Gasteiger partial charge on any atom is 0.411 e. The highest BCUT2D eigenvalue weighted by Crippen LogP contribution is 2.06. The Bertz CT molecular complexity index is 265. The molecular weight excluding hydrogens is 216 g/mol. The fraction of sp³-hybridized carbons (Fsp3) is 0.615. The summed E-state index contributed by atoms with van der Waals surface area (Å²) in [5, 5.41) is 2.56. The van der Waals surface area contributed by atoms with Crippen LogP contribution in [0.1, 0.15) is 40.0 Å². The van der Waals surface area contributed by atoms with Crippen LogP contribution in [0.4, 0.5) is 4.79 Å². The van der Waals surface area contributed by atoms with Crippen molar-refractivity contribution in [3.05, 3.63) is 24.4 Å². The number of carbonyl (C=O) groups excluding carboxylic acids is 1. The quantitative estimate of drug-likeness (QED) is 0.554. The molecule has 0 aliphatic rings. The Labute approximate surface area is 104 Å². The van der Waals surface area contributed by atoms with Gasteiger partial charge >= 0.3 is 6.09 Å². The van der Waals surface area contributed by atoms with Gasteiger partial charge in [0.2, 0.25) is 0 Å². The number of hydrogen-bond donors (Lipinski definition) is 2. The Hall–Kier alpha value is -1.29. The van der Waals surface area contributed by atoms with Crippen molar-refractivity contribution in [3.63, 3.8) is 0 Å².